The van der Waals surface area contributed by atoms with E-state index in [1.165, 1.54) is 0 Å². The maximum Gasteiger partial charge on any atom is 0.124 e. The Hall–Kier alpha value is -1.55. The van der Waals surface area contributed by atoms with Gasteiger partial charge in [0.15, 0.2) is 0 Å². The van der Waals surface area contributed by atoms with E-state index in [0.717, 1.165) is 17.1 Å². The van der Waals surface area contributed by atoms with E-state index in [-0.39, 0.29) is 0 Å². The molecular weight excluding hydrogens is 178 g/mol. The van der Waals surface area contributed by atoms with Crippen molar-refractivity contribution in [3.05, 3.63) is 41.9 Å². The predicted octanol–water partition coefficient (Wildman–Crippen LogP) is 1.29. The van der Waals surface area contributed by atoms with Crippen LogP contribution in [0.3, 0.4) is 0 Å². The minimum absolute atomic E-state index is 0.527. The standard InChI is InChI=1S/C10H13N3O/c1-8-9(5-11)4-10(14-8)6-13-3-2-12-7-13/h2-4,7H,5-6,11H2,1H3. The Labute approximate surface area is 82.4 Å². The number of furan rings is 1. The van der Waals surface area contributed by atoms with Gasteiger partial charge in [0.2, 0.25) is 0 Å². The molecule has 2 rings (SSSR count). The third-order valence-electron chi connectivity index (χ3n) is 2.19. The van der Waals surface area contributed by atoms with E-state index < -0.39 is 0 Å². The number of aromatic nitrogens is 2. The van der Waals surface area contributed by atoms with Crippen molar-refractivity contribution >= 4 is 0 Å². The summed E-state index contributed by atoms with van der Waals surface area (Å²) in [5, 5.41) is 0. The van der Waals surface area contributed by atoms with Crippen molar-refractivity contribution in [3.8, 4) is 0 Å². The zero-order valence-corrected chi connectivity index (χ0v) is 8.10. The summed E-state index contributed by atoms with van der Waals surface area (Å²) in [6.45, 7) is 3.17. The average Bonchev–Trinajstić information content (AvgIpc) is 2.76. The summed E-state index contributed by atoms with van der Waals surface area (Å²) in [5.74, 6) is 1.82. The number of aryl methyl sites for hydroxylation is 1. The molecular formula is C10H13N3O. The molecule has 0 spiro atoms. The van der Waals surface area contributed by atoms with Crippen molar-refractivity contribution in [2.45, 2.75) is 20.0 Å². The fourth-order valence-corrected chi connectivity index (χ4v) is 1.43. The van der Waals surface area contributed by atoms with Gasteiger partial charge in [0.05, 0.1) is 12.9 Å². The molecule has 0 aliphatic carbocycles. The smallest absolute Gasteiger partial charge is 0.124 e. The van der Waals surface area contributed by atoms with Crippen LogP contribution in [0.5, 0.6) is 0 Å². The molecule has 4 heteroatoms. The van der Waals surface area contributed by atoms with Crippen LogP contribution in [0.25, 0.3) is 0 Å². The lowest BCUT2D eigenvalue weighted by atomic mass is 10.2. The van der Waals surface area contributed by atoms with Crippen molar-refractivity contribution in [1.29, 1.82) is 0 Å². The van der Waals surface area contributed by atoms with Gasteiger partial charge in [-0.2, -0.15) is 0 Å². The molecule has 2 N–H and O–H groups in total. The van der Waals surface area contributed by atoms with Crippen LogP contribution >= 0.6 is 0 Å². The van der Waals surface area contributed by atoms with Crippen LogP contribution < -0.4 is 5.73 Å². The maximum absolute atomic E-state index is 5.56. The highest BCUT2D eigenvalue weighted by molar-refractivity contribution is 5.20. The molecule has 2 heterocycles. The van der Waals surface area contributed by atoms with Gasteiger partial charge in [-0.15, -0.1) is 0 Å². The summed E-state index contributed by atoms with van der Waals surface area (Å²) in [6, 6.07) is 2.00. The quantitative estimate of drug-likeness (QED) is 0.795. The molecule has 0 aromatic carbocycles. The minimum atomic E-state index is 0.527. The maximum atomic E-state index is 5.56. The van der Waals surface area contributed by atoms with E-state index in [1.54, 1.807) is 12.5 Å². The second-order valence-corrected chi connectivity index (χ2v) is 3.23. The molecule has 74 valence electrons. The predicted molar refractivity (Wildman–Crippen MR) is 52.7 cm³/mol. The lowest BCUT2D eigenvalue weighted by Gasteiger charge is -1.96. The molecule has 0 bridgehead atoms. The highest BCUT2D eigenvalue weighted by Gasteiger charge is 2.05. The molecule has 0 aliphatic heterocycles. The Morgan fingerprint density at radius 3 is 3.00 bits per heavy atom. The molecule has 0 saturated carbocycles. The van der Waals surface area contributed by atoms with Crippen LogP contribution in [0.1, 0.15) is 17.1 Å². The van der Waals surface area contributed by atoms with Crippen LogP contribution in [-0.4, -0.2) is 9.55 Å². The average molecular weight is 191 g/mol. The summed E-state index contributed by atoms with van der Waals surface area (Å²) < 4.78 is 7.51. The highest BCUT2D eigenvalue weighted by atomic mass is 16.3. The number of nitrogens with zero attached hydrogens (tertiary/aromatic N) is 2. The first kappa shape index (κ1) is 9.02. The van der Waals surface area contributed by atoms with Gasteiger partial charge in [-0.25, -0.2) is 4.98 Å². The van der Waals surface area contributed by atoms with E-state index in [1.807, 2.05) is 23.8 Å². The largest absolute Gasteiger partial charge is 0.464 e. The Balaban J connectivity index is 2.17. The van der Waals surface area contributed by atoms with Crippen molar-refractivity contribution in [1.82, 2.24) is 9.55 Å². The summed E-state index contributed by atoms with van der Waals surface area (Å²) in [5.41, 5.74) is 6.63. The fourth-order valence-electron chi connectivity index (χ4n) is 1.43. The third kappa shape index (κ3) is 1.70. The highest BCUT2D eigenvalue weighted by Crippen LogP contribution is 2.14. The van der Waals surface area contributed by atoms with E-state index in [4.69, 9.17) is 10.2 Å². The monoisotopic (exact) mass is 191 g/mol. The topological polar surface area (TPSA) is 57.0 Å². The van der Waals surface area contributed by atoms with Gasteiger partial charge in [-0.1, -0.05) is 0 Å². The first-order chi connectivity index (χ1) is 6.79. The first-order valence-electron chi connectivity index (χ1n) is 4.53. The van der Waals surface area contributed by atoms with Crippen molar-refractivity contribution < 1.29 is 4.42 Å². The Kier molecular flexibility index (Phi) is 2.37. The van der Waals surface area contributed by atoms with Crippen molar-refractivity contribution in [2.24, 2.45) is 5.73 Å². The third-order valence-corrected chi connectivity index (χ3v) is 2.19. The summed E-state index contributed by atoms with van der Waals surface area (Å²) in [4.78, 5) is 3.96. The molecule has 0 saturated heterocycles. The zero-order valence-electron chi connectivity index (χ0n) is 8.10. The van der Waals surface area contributed by atoms with Crippen LogP contribution in [0, 0.1) is 6.92 Å². The normalized spacial score (nSPS) is 10.7. The van der Waals surface area contributed by atoms with Gasteiger partial charge in [-0.05, 0) is 13.0 Å². The van der Waals surface area contributed by atoms with E-state index >= 15 is 0 Å². The van der Waals surface area contributed by atoms with Crippen molar-refractivity contribution in [3.63, 3.8) is 0 Å². The van der Waals surface area contributed by atoms with Crippen LogP contribution in [0.15, 0.2) is 29.2 Å². The van der Waals surface area contributed by atoms with E-state index in [9.17, 15) is 0 Å². The lowest BCUT2D eigenvalue weighted by molar-refractivity contribution is 0.467. The summed E-state index contributed by atoms with van der Waals surface area (Å²) in [7, 11) is 0. The molecule has 2 aromatic rings. The molecule has 0 aliphatic rings. The second-order valence-electron chi connectivity index (χ2n) is 3.23. The zero-order chi connectivity index (χ0) is 9.97. The molecule has 14 heavy (non-hydrogen) atoms. The van der Waals surface area contributed by atoms with Crippen molar-refractivity contribution in [2.75, 3.05) is 0 Å². The Morgan fingerprint density at radius 1 is 1.57 bits per heavy atom. The summed E-state index contributed by atoms with van der Waals surface area (Å²) in [6.07, 6.45) is 5.42. The number of nitrogens with two attached hydrogens (primary N) is 1. The van der Waals surface area contributed by atoms with Gasteiger partial charge < -0.3 is 14.7 Å². The first-order valence-corrected chi connectivity index (χ1v) is 4.53. The van der Waals surface area contributed by atoms with Gasteiger partial charge in [0.1, 0.15) is 11.5 Å². The second kappa shape index (κ2) is 3.67. The molecule has 0 fully saturated rings. The lowest BCUT2D eigenvalue weighted by Crippen LogP contribution is -1.96. The van der Waals surface area contributed by atoms with Gasteiger partial charge in [-0.3, -0.25) is 0 Å². The Bertz CT molecular complexity index is 403. The number of imidazole rings is 1. The molecule has 4 nitrogen and oxygen atoms in total. The van der Waals surface area contributed by atoms with Gasteiger partial charge >= 0.3 is 0 Å². The van der Waals surface area contributed by atoms with Crippen LogP contribution in [0.2, 0.25) is 0 Å². The van der Waals surface area contributed by atoms with Gasteiger partial charge in [0, 0.05) is 24.5 Å². The van der Waals surface area contributed by atoms with Crippen LogP contribution in [0.4, 0.5) is 0 Å². The molecule has 2 aromatic heterocycles. The molecule has 0 unspecified atom stereocenters. The minimum Gasteiger partial charge on any atom is -0.464 e. The molecule has 0 radical (unpaired) electrons. The van der Waals surface area contributed by atoms with E-state index in [0.29, 0.717) is 13.1 Å². The molecule has 0 atom stereocenters. The summed E-state index contributed by atoms with van der Waals surface area (Å²) >= 11 is 0. The van der Waals surface area contributed by atoms with E-state index in [2.05, 4.69) is 4.98 Å². The number of hydrogen-bond donors (Lipinski definition) is 1. The Morgan fingerprint density at radius 2 is 2.43 bits per heavy atom. The molecule has 0 amide bonds. The fraction of sp³-hybridized carbons (Fsp3) is 0.300. The van der Waals surface area contributed by atoms with Crippen LogP contribution in [-0.2, 0) is 13.1 Å². The number of hydrogen-bond acceptors (Lipinski definition) is 3. The number of rotatable bonds is 3. The SMILES string of the molecule is Cc1oc(Cn2ccnc2)cc1CN. The van der Waals surface area contributed by atoms with Gasteiger partial charge in [0.25, 0.3) is 0 Å².